The van der Waals surface area contributed by atoms with Gasteiger partial charge >= 0.3 is 0 Å². The molecule has 0 radical (unpaired) electrons. The Morgan fingerprint density at radius 3 is 2.46 bits per heavy atom. The molecule has 0 fully saturated rings. The van der Waals surface area contributed by atoms with Crippen LogP contribution in [0.25, 0.3) is 0 Å². The Morgan fingerprint density at radius 1 is 1.38 bits per heavy atom. The summed E-state index contributed by atoms with van der Waals surface area (Å²) in [6.45, 7) is 4.32. The van der Waals surface area contributed by atoms with Crippen molar-refractivity contribution >= 4 is 5.91 Å². The van der Waals surface area contributed by atoms with E-state index in [4.69, 9.17) is 0 Å². The number of carbonyl (C=O) groups is 1. The Bertz CT molecular complexity index is 146. The predicted octanol–water partition coefficient (Wildman–Crippen LogP) is 1.31. The van der Waals surface area contributed by atoms with Crippen molar-refractivity contribution in [2.45, 2.75) is 45.6 Å². The van der Waals surface area contributed by atoms with Gasteiger partial charge < -0.3 is 10.4 Å². The Hall–Kier alpha value is -0.570. The normalized spacial score (nSPS) is 13.0. The number of amides is 1. The molecule has 0 saturated carbocycles. The van der Waals surface area contributed by atoms with Crippen LogP contribution in [0.3, 0.4) is 0 Å². The van der Waals surface area contributed by atoms with Crippen molar-refractivity contribution in [3.05, 3.63) is 0 Å². The van der Waals surface area contributed by atoms with Crippen LogP contribution in [0.2, 0.25) is 0 Å². The van der Waals surface area contributed by atoms with E-state index in [9.17, 15) is 9.90 Å². The fourth-order valence-electron chi connectivity index (χ4n) is 1.18. The highest BCUT2D eigenvalue weighted by Crippen LogP contribution is 2.09. The van der Waals surface area contributed by atoms with Gasteiger partial charge in [0.2, 0.25) is 5.91 Å². The van der Waals surface area contributed by atoms with Gasteiger partial charge in [-0.2, -0.15) is 0 Å². The lowest BCUT2D eigenvalue weighted by Gasteiger charge is -2.10. The van der Waals surface area contributed by atoms with Crippen LogP contribution in [0.4, 0.5) is 0 Å². The van der Waals surface area contributed by atoms with Crippen molar-refractivity contribution in [3.63, 3.8) is 0 Å². The van der Waals surface area contributed by atoms with E-state index >= 15 is 0 Å². The van der Waals surface area contributed by atoms with E-state index in [1.807, 2.05) is 0 Å². The maximum atomic E-state index is 10.8. The van der Waals surface area contributed by atoms with Crippen molar-refractivity contribution in [3.8, 4) is 0 Å². The van der Waals surface area contributed by atoms with Gasteiger partial charge in [0.1, 0.15) is 0 Å². The predicted molar refractivity (Wildman–Crippen MR) is 53.4 cm³/mol. The lowest BCUT2D eigenvalue weighted by molar-refractivity contribution is -0.122. The Balaban J connectivity index is 3.40. The van der Waals surface area contributed by atoms with Gasteiger partial charge in [-0.15, -0.1) is 0 Å². The zero-order valence-electron chi connectivity index (χ0n) is 8.84. The van der Waals surface area contributed by atoms with Crippen LogP contribution in [0, 0.1) is 5.92 Å². The molecule has 0 aliphatic carbocycles. The molecule has 0 aromatic carbocycles. The van der Waals surface area contributed by atoms with E-state index in [1.165, 1.54) is 0 Å². The van der Waals surface area contributed by atoms with Gasteiger partial charge in [0.15, 0.2) is 0 Å². The molecule has 0 aromatic rings. The van der Waals surface area contributed by atoms with E-state index in [-0.39, 0.29) is 12.3 Å². The zero-order valence-corrected chi connectivity index (χ0v) is 8.84. The molecule has 3 heteroatoms. The minimum atomic E-state index is -0.473. The standard InChI is InChI=1S/C10H21NO2/c1-8(2)5-4-6-9(12)7-10(13)11-3/h8-9,12H,4-7H2,1-3H3,(H,11,13). The first kappa shape index (κ1) is 12.4. The number of hydrogen-bond donors (Lipinski definition) is 2. The minimum absolute atomic E-state index is 0.0861. The number of nitrogens with one attached hydrogen (secondary N) is 1. The number of aliphatic hydroxyl groups excluding tert-OH is 1. The summed E-state index contributed by atoms with van der Waals surface area (Å²) in [5.74, 6) is 0.587. The van der Waals surface area contributed by atoms with Gasteiger partial charge in [0, 0.05) is 7.05 Å². The summed E-state index contributed by atoms with van der Waals surface area (Å²) in [5, 5.41) is 11.9. The lowest BCUT2D eigenvalue weighted by Crippen LogP contribution is -2.23. The maximum Gasteiger partial charge on any atom is 0.222 e. The van der Waals surface area contributed by atoms with Crippen LogP contribution in [-0.2, 0) is 4.79 Å². The SMILES string of the molecule is CNC(=O)CC(O)CCCC(C)C. The van der Waals surface area contributed by atoms with Crippen LogP contribution in [0.5, 0.6) is 0 Å². The van der Waals surface area contributed by atoms with Gasteiger partial charge in [-0.05, 0) is 12.3 Å². The molecular weight excluding hydrogens is 166 g/mol. The van der Waals surface area contributed by atoms with Crippen LogP contribution < -0.4 is 5.32 Å². The van der Waals surface area contributed by atoms with Gasteiger partial charge in [-0.1, -0.05) is 26.7 Å². The van der Waals surface area contributed by atoms with Gasteiger partial charge in [-0.3, -0.25) is 4.79 Å². The van der Waals surface area contributed by atoms with E-state index < -0.39 is 6.10 Å². The Labute approximate surface area is 80.5 Å². The molecule has 0 rings (SSSR count). The Kier molecular flexibility index (Phi) is 6.59. The van der Waals surface area contributed by atoms with Gasteiger partial charge in [0.05, 0.1) is 12.5 Å². The van der Waals surface area contributed by atoms with Crippen LogP contribution in [0.15, 0.2) is 0 Å². The summed E-state index contributed by atoms with van der Waals surface area (Å²) in [6.07, 6.45) is 2.60. The highest BCUT2D eigenvalue weighted by Gasteiger charge is 2.08. The summed E-state index contributed by atoms with van der Waals surface area (Å²) in [4.78, 5) is 10.8. The largest absolute Gasteiger partial charge is 0.393 e. The van der Waals surface area contributed by atoms with E-state index in [0.717, 1.165) is 19.3 Å². The van der Waals surface area contributed by atoms with Crippen LogP contribution in [-0.4, -0.2) is 24.2 Å². The average molecular weight is 187 g/mol. The molecule has 0 aliphatic rings. The molecule has 2 N–H and O–H groups in total. The van der Waals surface area contributed by atoms with Crippen molar-refractivity contribution in [1.29, 1.82) is 0 Å². The second-order valence-electron chi connectivity index (χ2n) is 3.86. The summed E-state index contributed by atoms with van der Waals surface area (Å²) < 4.78 is 0. The monoisotopic (exact) mass is 187 g/mol. The molecule has 0 aromatic heterocycles. The van der Waals surface area contributed by atoms with Crippen LogP contribution >= 0.6 is 0 Å². The molecule has 78 valence electrons. The molecule has 0 spiro atoms. The molecule has 0 bridgehead atoms. The quantitative estimate of drug-likeness (QED) is 0.658. The molecule has 0 saturated heterocycles. The summed E-state index contributed by atoms with van der Waals surface area (Å²) in [7, 11) is 1.59. The molecule has 1 amide bonds. The van der Waals surface area contributed by atoms with Gasteiger partial charge in [-0.25, -0.2) is 0 Å². The first-order valence-corrected chi connectivity index (χ1v) is 4.95. The second-order valence-corrected chi connectivity index (χ2v) is 3.86. The van der Waals surface area contributed by atoms with E-state index in [0.29, 0.717) is 5.92 Å². The molecule has 1 atom stereocenters. The highest BCUT2D eigenvalue weighted by atomic mass is 16.3. The number of carbonyl (C=O) groups excluding carboxylic acids is 1. The number of rotatable bonds is 6. The first-order valence-electron chi connectivity index (χ1n) is 4.95. The summed E-state index contributed by atoms with van der Waals surface area (Å²) in [5.41, 5.74) is 0. The van der Waals surface area contributed by atoms with Crippen molar-refractivity contribution in [2.24, 2.45) is 5.92 Å². The van der Waals surface area contributed by atoms with Crippen molar-refractivity contribution < 1.29 is 9.90 Å². The lowest BCUT2D eigenvalue weighted by atomic mass is 10.0. The third-order valence-electron chi connectivity index (χ3n) is 2.02. The fraction of sp³-hybridized carbons (Fsp3) is 0.900. The third-order valence-corrected chi connectivity index (χ3v) is 2.02. The van der Waals surface area contributed by atoms with Gasteiger partial charge in [0.25, 0.3) is 0 Å². The highest BCUT2D eigenvalue weighted by molar-refractivity contribution is 5.75. The van der Waals surface area contributed by atoms with E-state index in [1.54, 1.807) is 7.05 Å². The Morgan fingerprint density at radius 2 is 2.00 bits per heavy atom. The second kappa shape index (κ2) is 6.89. The smallest absolute Gasteiger partial charge is 0.222 e. The van der Waals surface area contributed by atoms with Crippen molar-refractivity contribution in [2.75, 3.05) is 7.05 Å². The summed E-state index contributed by atoms with van der Waals surface area (Å²) >= 11 is 0. The molecule has 13 heavy (non-hydrogen) atoms. The number of hydrogen-bond acceptors (Lipinski definition) is 2. The zero-order chi connectivity index (χ0) is 10.3. The van der Waals surface area contributed by atoms with Crippen LogP contribution in [0.1, 0.15) is 39.5 Å². The summed E-state index contributed by atoms with van der Waals surface area (Å²) in [6, 6.07) is 0. The first-order chi connectivity index (χ1) is 6.06. The number of aliphatic hydroxyl groups is 1. The molecule has 0 aliphatic heterocycles. The van der Waals surface area contributed by atoms with E-state index in [2.05, 4.69) is 19.2 Å². The third kappa shape index (κ3) is 7.78. The molecule has 1 unspecified atom stereocenters. The van der Waals surface area contributed by atoms with Crippen molar-refractivity contribution in [1.82, 2.24) is 5.32 Å². The molecule has 3 nitrogen and oxygen atoms in total. The minimum Gasteiger partial charge on any atom is -0.393 e. The maximum absolute atomic E-state index is 10.8. The topological polar surface area (TPSA) is 49.3 Å². The fourth-order valence-corrected chi connectivity index (χ4v) is 1.18. The molecular formula is C10H21NO2. The average Bonchev–Trinajstić information content (AvgIpc) is 2.03. The molecule has 0 heterocycles.